The Kier molecular flexibility index (Phi) is 8.18. The Morgan fingerprint density at radius 3 is 2.58 bits per heavy atom. The third-order valence-electron chi connectivity index (χ3n) is 5.97. The molecule has 0 bridgehead atoms. The van der Waals surface area contributed by atoms with Crippen LogP contribution in [0.1, 0.15) is 58.4 Å². The second-order valence-electron chi connectivity index (χ2n) is 8.68. The summed E-state index contributed by atoms with van der Waals surface area (Å²) < 4.78 is 10.8. The van der Waals surface area contributed by atoms with Crippen LogP contribution in [0, 0.1) is 13.8 Å². The summed E-state index contributed by atoms with van der Waals surface area (Å²) in [6.07, 6.45) is 0.846. The Balaban J connectivity index is 1.87. The molecule has 1 aliphatic heterocycles. The van der Waals surface area contributed by atoms with Crippen LogP contribution in [0.5, 0.6) is 5.75 Å². The van der Waals surface area contributed by atoms with Crippen molar-refractivity contribution in [1.29, 1.82) is 0 Å². The molecule has 8 nitrogen and oxygen atoms in total. The van der Waals surface area contributed by atoms with Gasteiger partial charge in [-0.05, 0) is 68.7 Å². The molecule has 1 amide bonds. The maximum atomic E-state index is 13.4. The molecule has 1 aromatic heterocycles. The number of hydrogen-bond acceptors (Lipinski definition) is 8. The number of aromatic nitrogens is 1. The van der Waals surface area contributed by atoms with Crippen LogP contribution in [0.2, 0.25) is 5.02 Å². The molecule has 0 aliphatic carbocycles. The first-order chi connectivity index (χ1) is 18.2. The van der Waals surface area contributed by atoms with Gasteiger partial charge < -0.3 is 14.6 Å². The van der Waals surface area contributed by atoms with Crippen LogP contribution in [0.25, 0.3) is 5.76 Å². The van der Waals surface area contributed by atoms with Crippen molar-refractivity contribution in [3.63, 3.8) is 0 Å². The van der Waals surface area contributed by atoms with Crippen molar-refractivity contribution >= 4 is 51.5 Å². The molecule has 0 radical (unpaired) electrons. The van der Waals surface area contributed by atoms with E-state index < -0.39 is 23.7 Å². The summed E-state index contributed by atoms with van der Waals surface area (Å²) in [5.74, 6) is -1.98. The first-order valence-corrected chi connectivity index (χ1v) is 13.3. The van der Waals surface area contributed by atoms with Crippen LogP contribution in [0.15, 0.2) is 48.0 Å². The molecule has 1 N–H and O–H groups in total. The highest BCUT2D eigenvalue weighted by atomic mass is 35.5. The number of thiazole rings is 1. The molecule has 1 saturated heterocycles. The van der Waals surface area contributed by atoms with E-state index in [0.717, 1.165) is 23.3 Å². The van der Waals surface area contributed by atoms with Crippen molar-refractivity contribution in [2.24, 2.45) is 0 Å². The zero-order valence-electron chi connectivity index (χ0n) is 21.4. The Labute approximate surface area is 229 Å². The summed E-state index contributed by atoms with van der Waals surface area (Å²) in [5, 5.41) is 11.9. The van der Waals surface area contributed by atoms with Gasteiger partial charge in [0.2, 0.25) is 0 Å². The minimum absolute atomic E-state index is 0.107. The number of ketones is 1. The van der Waals surface area contributed by atoms with E-state index in [0.29, 0.717) is 34.2 Å². The molecule has 1 fully saturated rings. The Morgan fingerprint density at radius 1 is 1.16 bits per heavy atom. The lowest BCUT2D eigenvalue weighted by Gasteiger charge is -2.23. The highest BCUT2D eigenvalue weighted by Gasteiger charge is 2.48. The molecule has 2 heterocycles. The molecule has 1 unspecified atom stereocenters. The number of aliphatic hydroxyl groups excluding tert-OH is 1. The van der Waals surface area contributed by atoms with Crippen molar-refractivity contribution in [3.05, 3.63) is 80.3 Å². The van der Waals surface area contributed by atoms with Crippen molar-refractivity contribution in [3.8, 4) is 5.75 Å². The van der Waals surface area contributed by atoms with Crippen molar-refractivity contribution in [2.45, 2.75) is 40.2 Å². The van der Waals surface area contributed by atoms with Crippen LogP contribution in [0.4, 0.5) is 5.13 Å². The third-order valence-corrected chi connectivity index (χ3v) is 7.34. The number of aryl methyl sites for hydroxylation is 2. The lowest BCUT2D eigenvalue weighted by atomic mass is 9.95. The number of nitrogens with zero attached hydrogens (tertiary/aromatic N) is 2. The molecule has 0 spiro atoms. The molecule has 198 valence electrons. The van der Waals surface area contributed by atoms with E-state index in [-0.39, 0.29) is 27.9 Å². The number of halogens is 1. The fourth-order valence-electron chi connectivity index (χ4n) is 4.22. The van der Waals surface area contributed by atoms with E-state index in [1.54, 1.807) is 56.3 Å². The van der Waals surface area contributed by atoms with E-state index in [1.165, 1.54) is 4.90 Å². The van der Waals surface area contributed by atoms with Gasteiger partial charge >= 0.3 is 11.9 Å². The maximum Gasteiger partial charge on any atom is 0.350 e. The smallest absolute Gasteiger partial charge is 0.350 e. The topological polar surface area (TPSA) is 106 Å². The van der Waals surface area contributed by atoms with E-state index >= 15 is 0 Å². The number of anilines is 1. The Morgan fingerprint density at radius 2 is 1.92 bits per heavy atom. The Hall–Kier alpha value is -3.69. The lowest BCUT2D eigenvalue weighted by Crippen LogP contribution is -2.29. The second kappa shape index (κ2) is 11.4. The molecule has 0 saturated carbocycles. The van der Waals surface area contributed by atoms with E-state index in [1.807, 2.05) is 13.8 Å². The molecule has 10 heteroatoms. The highest BCUT2D eigenvalue weighted by Crippen LogP contribution is 2.44. The minimum atomic E-state index is -1.02. The lowest BCUT2D eigenvalue weighted by molar-refractivity contribution is -0.132. The van der Waals surface area contributed by atoms with E-state index in [2.05, 4.69) is 4.98 Å². The molecule has 1 atom stereocenters. The molecule has 3 aromatic rings. The number of hydrogen-bond donors (Lipinski definition) is 1. The van der Waals surface area contributed by atoms with Crippen molar-refractivity contribution in [1.82, 2.24) is 4.98 Å². The van der Waals surface area contributed by atoms with Gasteiger partial charge in [0, 0.05) is 10.6 Å². The number of carbonyl (C=O) groups is 3. The van der Waals surface area contributed by atoms with Crippen LogP contribution in [-0.2, 0) is 14.3 Å². The SMILES string of the molecule is CCCOc1ccc(C(O)=C2C(=O)C(=O)N(c3nc(C)c(C(=O)OCC)s3)C2c2cccc(Cl)c2)cc1C. The first-order valence-electron chi connectivity index (χ1n) is 12.1. The van der Waals surface area contributed by atoms with Crippen molar-refractivity contribution in [2.75, 3.05) is 18.1 Å². The summed E-state index contributed by atoms with van der Waals surface area (Å²) in [7, 11) is 0. The van der Waals surface area contributed by atoms with Crippen LogP contribution in [-0.4, -0.2) is 41.0 Å². The number of carbonyl (C=O) groups excluding carboxylic acids is 3. The van der Waals surface area contributed by atoms with Gasteiger partial charge in [0.1, 0.15) is 16.4 Å². The normalized spacial score (nSPS) is 16.7. The number of Topliss-reactive ketones (excluding diaryl/α,β-unsaturated/α-hetero) is 1. The highest BCUT2D eigenvalue weighted by molar-refractivity contribution is 7.17. The number of aliphatic hydroxyl groups is 1. The van der Waals surface area contributed by atoms with Gasteiger partial charge in [-0.2, -0.15) is 0 Å². The molecule has 4 rings (SSSR count). The quantitative estimate of drug-likeness (QED) is 0.157. The van der Waals surface area contributed by atoms with Gasteiger partial charge in [0.15, 0.2) is 5.13 Å². The summed E-state index contributed by atoms with van der Waals surface area (Å²) in [6, 6.07) is 10.7. The van der Waals surface area contributed by atoms with E-state index in [4.69, 9.17) is 21.1 Å². The third kappa shape index (κ3) is 5.16. The Bertz CT molecular complexity index is 1450. The van der Waals surface area contributed by atoms with Gasteiger partial charge in [-0.25, -0.2) is 9.78 Å². The van der Waals surface area contributed by atoms with Crippen molar-refractivity contribution < 1.29 is 29.0 Å². The van der Waals surface area contributed by atoms with Gasteiger partial charge in [-0.3, -0.25) is 14.5 Å². The van der Waals surface area contributed by atoms with Crippen LogP contribution in [0.3, 0.4) is 0 Å². The fourth-order valence-corrected chi connectivity index (χ4v) is 5.41. The average Bonchev–Trinajstić information content (AvgIpc) is 3.39. The predicted molar refractivity (Wildman–Crippen MR) is 146 cm³/mol. The number of amides is 1. The van der Waals surface area contributed by atoms with Crippen LogP contribution >= 0.6 is 22.9 Å². The largest absolute Gasteiger partial charge is 0.507 e. The molecule has 38 heavy (non-hydrogen) atoms. The summed E-state index contributed by atoms with van der Waals surface area (Å²) in [6.45, 7) is 7.89. The molecule has 2 aromatic carbocycles. The first kappa shape index (κ1) is 27.3. The maximum absolute atomic E-state index is 13.4. The number of benzene rings is 2. The van der Waals surface area contributed by atoms with Crippen LogP contribution < -0.4 is 9.64 Å². The molecular formula is C28H27ClN2O6S. The fraction of sp³-hybridized carbons (Fsp3) is 0.286. The second-order valence-corrected chi connectivity index (χ2v) is 10.1. The summed E-state index contributed by atoms with van der Waals surface area (Å²) >= 11 is 7.21. The summed E-state index contributed by atoms with van der Waals surface area (Å²) in [4.78, 5) is 45.1. The number of ether oxygens (including phenoxy) is 2. The zero-order valence-corrected chi connectivity index (χ0v) is 23.0. The predicted octanol–water partition coefficient (Wildman–Crippen LogP) is 6.01. The number of rotatable bonds is 8. The summed E-state index contributed by atoms with van der Waals surface area (Å²) in [5.41, 5.74) is 1.89. The van der Waals surface area contributed by atoms with Gasteiger partial charge in [0.25, 0.3) is 5.78 Å². The van der Waals surface area contributed by atoms with E-state index in [9.17, 15) is 19.5 Å². The minimum Gasteiger partial charge on any atom is -0.507 e. The average molecular weight is 555 g/mol. The van der Waals surface area contributed by atoms with Gasteiger partial charge in [0.05, 0.1) is 30.5 Å². The molecule has 1 aliphatic rings. The molecular weight excluding hydrogens is 528 g/mol. The van der Waals surface area contributed by atoms with Gasteiger partial charge in [-0.15, -0.1) is 0 Å². The van der Waals surface area contributed by atoms with Gasteiger partial charge in [-0.1, -0.05) is 42.0 Å². The standard InChI is InChI=1S/C28H27ClN2O6S/c1-5-12-37-20-11-10-18(13-15(20)3)23(32)21-22(17-8-7-9-19(29)14-17)31(26(34)24(21)33)28-30-16(4)25(38-28)27(35)36-6-2/h7-11,13-14,22,32H,5-6,12H2,1-4H3. The monoisotopic (exact) mass is 554 g/mol. The zero-order chi connectivity index (χ0) is 27.6. The number of esters is 1.